The summed E-state index contributed by atoms with van der Waals surface area (Å²) >= 11 is 0. The van der Waals surface area contributed by atoms with Crippen LogP contribution in [0.15, 0.2) is 18.2 Å². The van der Waals surface area contributed by atoms with Crippen LogP contribution in [-0.4, -0.2) is 31.5 Å². The Balaban J connectivity index is 1.90. The largest absolute Gasteiger partial charge is 0.491 e. The van der Waals surface area contributed by atoms with E-state index >= 15 is 0 Å². The van der Waals surface area contributed by atoms with Crippen LogP contribution >= 0.6 is 0 Å². The number of carbonyl (C=O) groups is 2. The molecule has 1 heterocycles. The molecule has 0 bridgehead atoms. The SMILES string of the molecule is CN1C(=O)CCOc2ccc(C(=O)NC3CC3)cc21. The van der Waals surface area contributed by atoms with Crippen molar-refractivity contribution in [3.8, 4) is 5.75 Å². The van der Waals surface area contributed by atoms with Crippen molar-refractivity contribution in [1.29, 1.82) is 0 Å². The average molecular weight is 260 g/mol. The summed E-state index contributed by atoms with van der Waals surface area (Å²) in [5.74, 6) is 0.560. The van der Waals surface area contributed by atoms with Gasteiger partial charge in [-0.05, 0) is 31.0 Å². The number of hydrogen-bond donors (Lipinski definition) is 1. The quantitative estimate of drug-likeness (QED) is 0.872. The fourth-order valence-corrected chi connectivity index (χ4v) is 2.09. The van der Waals surface area contributed by atoms with Gasteiger partial charge in [-0.2, -0.15) is 0 Å². The summed E-state index contributed by atoms with van der Waals surface area (Å²) in [6, 6.07) is 5.53. The molecule has 0 radical (unpaired) electrons. The van der Waals surface area contributed by atoms with E-state index < -0.39 is 0 Å². The molecule has 100 valence electrons. The molecule has 1 aliphatic heterocycles. The normalized spacial score (nSPS) is 18.4. The van der Waals surface area contributed by atoms with Crippen LogP contribution in [0.1, 0.15) is 29.6 Å². The second-order valence-electron chi connectivity index (χ2n) is 4.98. The summed E-state index contributed by atoms with van der Waals surface area (Å²) in [4.78, 5) is 25.3. The zero-order valence-corrected chi connectivity index (χ0v) is 10.8. The van der Waals surface area contributed by atoms with Crippen LogP contribution < -0.4 is 15.0 Å². The molecule has 1 aliphatic carbocycles. The van der Waals surface area contributed by atoms with Crippen LogP contribution in [0.3, 0.4) is 0 Å². The Bertz CT molecular complexity index is 537. The van der Waals surface area contributed by atoms with Crippen molar-refractivity contribution in [2.45, 2.75) is 25.3 Å². The van der Waals surface area contributed by atoms with Gasteiger partial charge in [0.1, 0.15) is 5.75 Å². The smallest absolute Gasteiger partial charge is 0.251 e. The highest BCUT2D eigenvalue weighted by molar-refractivity contribution is 5.99. The predicted octanol–water partition coefficient (Wildman–Crippen LogP) is 1.32. The first-order valence-electron chi connectivity index (χ1n) is 6.49. The molecule has 2 amide bonds. The number of fused-ring (bicyclic) bond motifs is 1. The van der Waals surface area contributed by atoms with Gasteiger partial charge in [0, 0.05) is 18.7 Å². The monoisotopic (exact) mass is 260 g/mol. The van der Waals surface area contributed by atoms with Crippen molar-refractivity contribution in [2.24, 2.45) is 0 Å². The fourth-order valence-electron chi connectivity index (χ4n) is 2.09. The van der Waals surface area contributed by atoms with Gasteiger partial charge in [0.25, 0.3) is 5.91 Å². The van der Waals surface area contributed by atoms with Gasteiger partial charge in [0.05, 0.1) is 18.7 Å². The molecule has 1 aromatic carbocycles. The highest BCUT2D eigenvalue weighted by Crippen LogP contribution is 2.31. The van der Waals surface area contributed by atoms with E-state index in [-0.39, 0.29) is 11.8 Å². The van der Waals surface area contributed by atoms with E-state index in [1.165, 1.54) is 0 Å². The van der Waals surface area contributed by atoms with Crippen molar-refractivity contribution in [2.75, 3.05) is 18.6 Å². The van der Waals surface area contributed by atoms with Crippen LogP contribution in [0.5, 0.6) is 5.75 Å². The number of nitrogens with zero attached hydrogens (tertiary/aromatic N) is 1. The minimum absolute atomic E-state index is 0.00139. The van der Waals surface area contributed by atoms with Crippen molar-refractivity contribution < 1.29 is 14.3 Å². The maximum absolute atomic E-state index is 12.0. The Morgan fingerprint density at radius 3 is 2.95 bits per heavy atom. The van der Waals surface area contributed by atoms with Crippen molar-refractivity contribution in [3.63, 3.8) is 0 Å². The Labute approximate surface area is 111 Å². The molecule has 0 spiro atoms. The molecular weight excluding hydrogens is 244 g/mol. The molecule has 5 nitrogen and oxygen atoms in total. The summed E-state index contributed by atoms with van der Waals surface area (Å²) in [7, 11) is 1.71. The molecular formula is C14H16N2O3. The molecule has 2 aliphatic rings. The van der Waals surface area contributed by atoms with Crippen LogP contribution in [0.4, 0.5) is 5.69 Å². The van der Waals surface area contributed by atoms with E-state index in [1.807, 2.05) is 0 Å². The maximum Gasteiger partial charge on any atom is 0.251 e. The molecule has 1 N–H and O–H groups in total. The Morgan fingerprint density at radius 1 is 1.42 bits per heavy atom. The van der Waals surface area contributed by atoms with E-state index in [0.29, 0.717) is 36.1 Å². The lowest BCUT2D eigenvalue weighted by Crippen LogP contribution is -2.27. The second-order valence-corrected chi connectivity index (χ2v) is 4.98. The molecule has 1 fully saturated rings. The number of nitrogens with one attached hydrogen (secondary N) is 1. The average Bonchev–Trinajstić information content (AvgIpc) is 3.21. The lowest BCUT2D eigenvalue weighted by molar-refractivity contribution is -0.118. The first-order valence-corrected chi connectivity index (χ1v) is 6.49. The number of carbonyl (C=O) groups excluding carboxylic acids is 2. The second kappa shape index (κ2) is 4.57. The first kappa shape index (κ1) is 12.0. The van der Waals surface area contributed by atoms with E-state index in [4.69, 9.17) is 4.74 Å². The van der Waals surface area contributed by atoms with Gasteiger partial charge in [0.2, 0.25) is 5.91 Å². The van der Waals surface area contributed by atoms with Crippen LogP contribution in [0.25, 0.3) is 0 Å². The van der Waals surface area contributed by atoms with Gasteiger partial charge in [-0.3, -0.25) is 9.59 Å². The van der Waals surface area contributed by atoms with Crippen LogP contribution in [0, 0.1) is 0 Å². The maximum atomic E-state index is 12.0. The van der Waals surface area contributed by atoms with E-state index in [9.17, 15) is 9.59 Å². The third-order valence-corrected chi connectivity index (χ3v) is 3.44. The van der Waals surface area contributed by atoms with Gasteiger partial charge in [-0.1, -0.05) is 0 Å². The summed E-state index contributed by atoms with van der Waals surface area (Å²) in [6.45, 7) is 0.379. The number of anilines is 1. The van der Waals surface area contributed by atoms with Crippen molar-refractivity contribution in [3.05, 3.63) is 23.8 Å². The number of rotatable bonds is 2. The van der Waals surface area contributed by atoms with E-state index in [0.717, 1.165) is 12.8 Å². The number of benzene rings is 1. The molecule has 0 unspecified atom stereocenters. The highest BCUT2D eigenvalue weighted by Gasteiger charge is 2.25. The number of amides is 2. The van der Waals surface area contributed by atoms with Gasteiger partial charge in [0.15, 0.2) is 0 Å². The Kier molecular flexibility index (Phi) is 2.89. The minimum Gasteiger partial charge on any atom is -0.491 e. The molecule has 19 heavy (non-hydrogen) atoms. The summed E-state index contributed by atoms with van der Waals surface area (Å²) < 4.78 is 5.52. The Morgan fingerprint density at radius 2 is 2.21 bits per heavy atom. The summed E-state index contributed by atoms with van der Waals surface area (Å²) in [5, 5.41) is 2.94. The zero-order chi connectivity index (χ0) is 13.4. The molecule has 3 rings (SSSR count). The molecule has 1 saturated carbocycles. The number of ether oxygens (including phenoxy) is 1. The minimum atomic E-state index is -0.0876. The van der Waals surface area contributed by atoms with Crippen molar-refractivity contribution >= 4 is 17.5 Å². The van der Waals surface area contributed by atoms with Gasteiger partial charge in [-0.25, -0.2) is 0 Å². The standard InChI is InChI=1S/C14H16N2O3/c1-16-11-8-9(14(18)15-10-3-4-10)2-5-12(11)19-7-6-13(16)17/h2,5,8,10H,3-4,6-7H2,1H3,(H,15,18). The molecule has 1 aromatic rings. The lowest BCUT2D eigenvalue weighted by atomic mass is 10.1. The molecule has 5 heteroatoms. The topological polar surface area (TPSA) is 58.6 Å². The van der Waals surface area contributed by atoms with Gasteiger partial charge < -0.3 is 15.0 Å². The zero-order valence-electron chi connectivity index (χ0n) is 10.8. The third-order valence-electron chi connectivity index (χ3n) is 3.44. The predicted molar refractivity (Wildman–Crippen MR) is 70.5 cm³/mol. The summed E-state index contributed by atoms with van der Waals surface area (Å²) in [6.07, 6.45) is 2.46. The highest BCUT2D eigenvalue weighted by atomic mass is 16.5. The van der Waals surface area contributed by atoms with Crippen molar-refractivity contribution in [1.82, 2.24) is 5.32 Å². The van der Waals surface area contributed by atoms with E-state index in [2.05, 4.69) is 5.32 Å². The number of hydrogen-bond acceptors (Lipinski definition) is 3. The van der Waals surface area contributed by atoms with Gasteiger partial charge in [-0.15, -0.1) is 0 Å². The van der Waals surface area contributed by atoms with E-state index in [1.54, 1.807) is 30.1 Å². The Hall–Kier alpha value is -2.04. The molecule has 0 atom stereocenters. The van der Waals surface area contributed by atoms with Gasteiger partial charge >= 0.3 is 0 Å². The lowest BCUT2D eigenvalue weighted by Gasteiger charge is -2.17. The first-order chi connectivity index (χ1) is 9.15. The molecule has 0 saturated heterocycles. The van der Waals surface area contributed by atoms with Crippen LogP contribution in [-0.2, 0) is 4.79 Å². The summed E-state index contributed by atoms with van der Waals surface area (Å²) in [5.41, 5.74) is 1.22. The third kappa shape index (κ3) is 2.41. The van der Waals surface area contributed by atoms with Crippen LogP contribution in [0.2, 0.25) is 0 Å². The fraction of sp³-hybridized carbons (Fsp3) is 0.429. The molecule has 0 aromatic heterocycles.